The monoisotopic (exact) mass is 363 g/mol. The van der Waals surface area contributed by atoms with Gasteiger partial charge < -0.3 is 9.64 Å². The maximum atomic E-state index is 12.7. The van der Waals surface area contributed by atoms with Crippen LogP contribution in [0.1, 0.15) is 30.1 Å². The van der Waals surface area contributed by atoms with Crippen LogP contribution in [0.2, 0.25) is 5.02 Å². The summed E-state index contributed by atoms with van der Waals surface area (Å²) in [5.41, 5.74) is 0.381. The van der Waals surface area contributed by atoms with Crippen molar-refractivity contribution < 1.29 is 14.3 Å². The van der Waals surface area contributed by atoms with E-state index in [0.29, 0.717) is 36.1 Å². The first kappa shape index (κ1) is 17.3. The minimum absolute atomic E-state index is 0.196. The second-order valence-corrected chi connectivity index (χ2v) is 6.15. The van der Waals surface area contributed by atoms with Gasteiger partial charge in [0.25, 0.3) is 5.91 Å². The third kappa shape index (κ3) is 3.79. The van der Waals surface area contributed by atoms with Gasteiger partial charge in [0.05, 0.1) is 23.1 Å². The standard InChI is InChI=1S/C16H18ClN5O3/c1-2-25-16(24)11-4-3-5-21(8-11)15(23)12-6-13(17)14(18-7-12)22-9-19-20-10-22/h6-7,9-11H,2-5,8H2,1H3. The summed E-state index contributed by atoms with van der Waals surface area (Å²) in [7, 11) is 0. The summed E-state index contributed by atoms with van der Waals surface area (Å²) >= 11 is 6.24. The van der Waals surface area contributed by atoms with Crippen LogP contribution in [0.3, 0.4) is 0 Å². The van der Waals surface area contributed by atoms with Gasteiger partial charge in [-0.25, -0.2) is 4.98 Å². The molecule has 1 saturated heterocycles. The number of pyridine rings is 1. The molecule has 0 spiro atoms. The summed E-state index contributed by atoms with van der Waals surface area (Å²) in [6.45, 7) is 3.06. The Bertz CT molecular complexity index is 765. The topological polar surface area (TPSA) is 90.2 Å². The molecule has 0 aromatic carbocycles. The van der Waals surface area contributed by atoms with Crippen LogP contribution in [0.25, 0.3) is 5.82 Å². The van der Waals surface area contributed by atoms with Gasteiger partial charge in [0, 0.05) is 19.3 Å². The molecule has 3 rings (SSSR count). The number of halogens is 1. The van der Waals surface area contributed by atoms with Gasteiger partial charge >= 0.3 is 5.97 Å². The van der Waals surface area contributed by atoms with E-state index in [1.165, 1.54) is 18.9 Å². The molecule has 0 bridgehead atoms. The van der Waals surface area contributed by atoms with Gasteiger partial charge in [0.1, 0.15) is 12.7 Å². The molecule has 1 aliphatic heterocycles. The van der Waals surface area contributed by atoms with Crippen LogP contribution in [0, 0.1) is 5.92 Å². The normalized spacial score (nSPS) is 17.4. The van der Waals surface area contributed by atoms with Gasteiger partial charge in [-0.1, -0.05) is 11.6 Å². The second kappa shape index (κ2) is 7.60. The molecule has 1 unspecified atom stereocenters. The van der Waals surface area contributed by atoms with Crippen molar-refractivity contribution in [2.45, 2.75) is 19.8 Å². The van der Waals surface area contributed by atoms with Gasteiger partial charge in [0.2, 0.25) is 0 Å². The minimum atomic E-state index is -0.280. The number of hydrogen-bond donors (Lipinski definition) is 0. The smallest absolute Gasteiger partial charge is 0.310 e. The van der Waals surface area contributed by atoms with Crippen molar-refractivity contribution in [1.29, 1.82) is 0 Å². The van der Waals surface area contributed by atoms with E-state index in [-0.39, 0.29) is 17.8 Å². The highest BCUT2D eigenvalue weighted by atomic mass is 35.5. The number of nitrogens with zero attached hydrogens (tertiary/aromatic N) is 5. The van der Waals surface area contributed by atoms with E-state index >= 15 is 0 Å². The van der Waals surface area contributed by atoms with Gasteiger partial charge in [-0.15, -0.1) is 10.2 Å². The third-order valence-electron chi connectivity index (χ3n) is 4.06. The van der Waals surface area contributed by atoms with Crippen LogP contribution in [0.4, 0.5) is 0 Å². The van der Waals surface area contributed by atoms with Crippen molar-refractivity contribution >= 4 is 23.5 Å². The molecule has 0 N–H and O–H groups in total. The predicted molar refractivity (Wildman–Crippen MR) is 89.4 cm³/mol. The maximum Gasteiger partial charge on any atom is 0.310 e. The largest absolute Gasteiger partial charge is 0.466 e. The molecule has 2 aromatic heterocycles. The van der Waals surface area contributed by atoms with Gasteiger partial charge in [-0.2, -0.15) is 0 Å². The van der Waals surface area contributed by atoms with Crippen LogP contribution >= 0.6 is 11.6 Å². The number of rotatable bonds is 4. The van der Waals surface area contributed by atoms with E-state index in [1.807, 2.05) is 0 Å². The summed E-state index contributed by atoms with van der Waals surface area (Å²) in [6, 6.07) is 1.57. The summed E-state index contributed by atoms with van der Waals surface area (Å²) in [6.07, 6.45) is 5.91. The Kier molecular flexibility index (Phi) is 5.28. The first-order chi connectivity index (χ1) is 12.1. The summed E-state index contributed by atoms with van der Waals surface area (Å²) in [5.74, 6) is -0.276. The molecule has 0 radical (unpaired) electrons. The van der Waals surface area contributed by atoms with Gasteiger partial charge in [0.15, 0.2) is 5.82 Å². The quantitative estimate of drug-likeness (QED) is 0.768. The minimum Gasteiger partial charge on any atom is -0.466 e. The van der Waals surface area contributed by atoms with Crippen molar-refractivity contribution in [1.82, 2.24) is 24.6 Å². The Balaban J connectivity index is 1.74. The molecule has 132 valence electrons. The third-order valence-corrected chi connectivity index (χ3v) is 4.34. The average Bonchev–Trinajstić information content (AvgIpc) is 3.15. The van der Waals surface area contributed by atoms with E-state index in [4.69, 9.17) is 16.3 Å². The Hall–Kier alpha value is -2.48. The molecule has 1 fully saturated rings. The summed E-state index contributed by atoms with van der Waals surface area (Å²) < 4.78 is 6.63. The summed E-state index contributed by atoms with van der Waals surface area (Å²) in [5, 5.41) is 7.74. The molecule has 1 atom stereocenters. The number of carbonyl (C=O) groups excluding carboxylic acids is 2. The molecule has 3 heterocycles. The highest BCUT2D eigenvalue weighted by Crippen LogP contribution is 2.23. The molecular formula is C16H18ClN5O3. The summed E-state index contributed by atoms with van der Waals surface area (Å²) in [4.78, 5) is 30.5. The highest BCUT2D eigenvalue weighted by molar-refractivity contribution is 6.32. The Morgan fingerprint density at radius 2 is 2.12 bits per heavy atom. The van der Waals surface area contributed by atoms with Crippen LogP contribution in [0.5, 0.6) is 0 Å². The Labute approximate surface area is 149 Å². The fraction of sp³-hybridized carbons (Fsp3) is 0.438. The van der Waals surface area contributed by atoms with E-state index in [2.05, 4.69) is 15.2 Å². The molecule has 1 aliphatic rings. The van der Waals surface area contributed by atoms with E-state index in [9.17, 15) is 9.59 Å². The lowest BCUT2D eigenvalue weighted by Gasteiger charge is -2.31. The molecule has 0 aliphatic carbocycles. The van der Waals surface area contributed by atoms with Crippen molar-refractivity contribution in [2.75, 3.05) is 19.7 Å². The Morgan fingerprint density at radius 3 is 2.80 bits per heavy atom. The molecular weight excluding hydrogens is 346 g/mol. The van der Waals surface area contributed by atoms with Crippen molar-refractivity contribution in [3.63, 3.8) is 0 Å². The first-order valence-electron chi connectivity index (χ1n) is 8.06. The lowest BCUT2D eigenvalue weighted by Crippen LogP contribution is -2.42. The van der Waals surface area contributed by atoms with Crippen LogP contribution in [0.15, 0.2) is 24.9 Å². The number of aromatic nitrogens is 4. The van der Waals surface area contributed by atoms with Crippen molar-refractivity contribution in [2.24, 2.45) is 5.92 Å². The maximum absolute atomic E-state index is 12.7. The highest BCUT2D eigenvalue weighted by Gasteiger charge is 2.30. The number of amides is 1. The second-order valence-electron chi connectivity index (χ2n) is 5.74. The molecule has 25 heavy (non-hydrogen) atoms. The first-order valence-corrected chi connectivity index (χ1v) is 8.44. The van der Waals surface area contributed by atoms with Crippen molar-refractivity contribution in [3.05, 3.63) is 35.5 Å². The SMILES string of the molecule is CCOC(=O)C1CCCN(C(=O)c2cnc(-n3cnnc3)c(Cl)c2)C1. The fourth-order valence-electron chi connectivity index (χ4n) is 2.84. The van der Waals surface area contributed by atoms with Crippen LogP contribution in [-0.2, 0) is 9.53 Å². The number of hydrogen-bond acceptors (Lipinski definition) is 6. The van der Waals surface area contributed by atoms with Gasteiger partial charge in [-0.3, -0.25) is 14.2 Å². The molecule has 1 amide bonds. The molecule has 8 nitrogen and oxygen atoms in total. The number of likely N-dealkylation sites (tertiary alicyclic amines) is 1. The molecule has 2 aromatic rings. The number of esters is 1. The molecule has 0 saturated carbocycles. The van der Waals surface area contributed by atoms with E-state index in [1.54, 1.807) is 22.5 Å². The zero-order valence-corrected chi connectivity index (χ0v) is 14.5. The van der Waals surface area contributed by atoms with Gasteiger partial charge in [-0.05, 0) is 25.8 Å². The fourth-order valence-corrected chi connectivity index (χ4v) is 3.11. The lowest BCUT2D eigenvalue weighted by molar-refractivity contribution is -0.149. The number of carbonyl (C=O) groups is 2. The zero-order valence-electron chi connectivity index (χ0n) is 13.8. The van der Waals surface area contributed by atoms with Crippen LogP contribution < -0.4 is 0 Å². The molecule has 9 heteroatoms. The zero-order chi connectivity index (χ0) is 17.8. The Morgan fingerprint density at radius 1 is 1.36 bits per heavy atom. The number of ether oxygens (including phenoxy) is 1. The average molecular weight is 364 g/mol. The predicted octanol–water partition coefficient (Wildman–Crippen LogP) is 1.73. The van der Waals surface area contributed by atoms with Crippen LogP contribution in [-0.4, -0.2) is 56.2 Å². The number of piperidine rings is 1. The van der Waals surface area contributed by atoms with E-state index < -0.39 is 0 Å². The van der Waals surface area contributed by atoms with Crippen molar-refractivity contribution in [3.8, 4) is 5.82 Å². The van der Waals surface area contributed by atoms with E-state index in [0.717, 1.165) is 12.8 Å². The lowest BCUT2D eigenvalue weighted by atomic mass is 9.97.